The van der Waals surface area contributed by atoms with E-state index in [2.05, 4.69) is 20.5 Å². The largest absolute Gasteiger partial charge is 0.380 e. The number of halogens is 2. The summed E-state index contributed by atoms with van der Waals surface area (Å²) in [4.78, 5) is 31.8. The van der Waals surface area contributed by atoms with Gasteiger partial charge in [-0.05, 0) is 36.4 Å². The van der Waals surface area contributed by atoms with E-state index in [1.807, 2.05) is 30.3 Å². The number of rotatable bonds is 8. The Kier molecular flexibility index (Phi) is 7.78. The van der Waals surface area contributed by atoms with Crippen LogP contribution >= 0.6 is 0 Å². The van der Waals surface area contributed by atoms with Gasteiger partial charge in [-0.15, -0.1) is 0 Å². The van der Waals surface area contributed by atoms with Crippen molar-refractivity contribution in [1.82, 2.24) is 9.88 Å². The molecule has 9 nitrogen and oxygen atoms in total. The molecule has 0 bridgehead atoms. The summed E-state index contributed by atoms with van der Waals surface area (Å²) in [5.41, 5.74) is 7.38. The molecule has 1 aromatic heterocycles. The van der Waals surface area contributed by atoms with Crippen molar-refractivity contribution in [2.24, 2.45) is 5.73 Å². The lowest BCUT2D eigenvalue weighted by Crippen LogP contribution is -2.48. The number of nitrogens with zero attached hydrogens (tertiary/aromatic N) is 4. The van der Waals surface area contributed by atoms with Gasteiger partial charge in [-0.2, -0.15) is 5.26 Å². The van der Waals surface area contributed by atoms with E-state index in [1.54, 1.807) is 11.0 Å². The minimum Gasteiger partial charge on any atom is -0.380 e. The summed E-state index contributed by atoms with van der Waals surface area (Å²) in [6.07, 6.45) is 1.19. The molecule has 190 valence electrons. The van der Waals surface area contributed by atoms with Gasteiger partial charge in [-0.3, -0.25) is 9.59 Å². The highest BCUT2D eigenvalue weighted by atomic mass is 19.1. The molecule has 0 unspecified atom stereocenters. The first-order valence-electron chi connectivity index (χ1n) is 11.6. The zero-order chi connectivity index (χ0) is 26.4. The van der Waals surface area contributed by atoms with Crippen LogP contribution in [-0.4, -0.2) is 47.9 Å². The fourth-order valence-corrected chi connectivity index (χ4v) is 4.05. The van der Waals surface area contributed by atoms with E-state index < -0.39 is 17.5 Å². The van der Waals surface area contributed by atoms with Crippen LogP contribution in [0.3, 0.4) is 0 Å². The van der Waals surface area contributed by atoms with Gasteiger partial charge in [0.1, 0.15) is 23.9 Å². The van der Waals surface area contributed by atoms with Crippen molar-refractivity contribution in [3.8, 4) is 6.07 Å². The van der Waals surface area contributed by atoms with Crippen molar-refractivity contribution in [2.75, 3.05) is 41.7 Å². The highest BCUT2D eigenvalue weighted by molar-refractivity contribution is 5.98. The fourth-order valence-electron chi connectivity index (χ4n) is 4.05. The van der Waals surface area contributed by atoms with Crippen molar-refractivity contribution >= 4 is 34.7 Å². The van der Waals surface area contributed by atoms with E-state index in [1.165, 1.54) is 12.3 Å². The molecule has 1 aliphatic rings. The smallest absolute Gasteiger partial charge is 0.252 e. The van der Waals surface area contributed by atoms with Gasteiger partial charge < -0.3 is 26.2 Å². The van der Waals surface area contributed by atoms with Crippen molar-refractivity contribution in [1.29, 1.82) is 5.26 Å². The Balaban J connectivity index is 1.42. The van der Waals surface area contributed by atoms with E-state index in [-0.39, 0.29) is 35.7 Å². The first-order chi connectivity index (χ1) is 17.9. The molecule has 2 aromatic carbocycles. The summed E-state index contributed by atoms with van der Waals surface area (Å²) < 4.78 is 28.0. The van der Waals surface area contributed by atoms with E-state index in [9.17, 15) is 18.4 Å². The van der Waals surface area contributed by atoms with Crippen LogP contribution in [0.1, 0.15) is 22.3 Å². The van der Waals surface area contributed by atoms with Crippen molar-refractivity contribution in [3.63, 3.8) is 0 Å². The summed E-state index contributed by atoms with van der Waals surface area (Å²) in [6, 6.07) is 14.6. The first kappa shape index (κ1) is 25.4. The Morgan fingerprint density at radius 2 is 1.73 bits per heavy atom. The van der Waals surface area contributed by atoms with Crippen LogP contribution in [0.15, 0.2) is 54.7 Å². The minimum atomic E-state index is -0.727. The van der Waals surface area contributed by atoms with Crippen LogP contribution in [-0.2, 0) is 11.3 Å². The van der Waals surface area contributed by atoms with Crippen molar-refractivity contribution < 1.29 is 18.4 Å². The number of anilines is 4. The van der Waals surface area contributed by atoms with Crippen LogP contribution in [0, 0.1) is 23.0 Å². The van der Waals surface area contributed by atoms with Crippen molar-refractivity contribution in [2.45, 2.75) is 13.0 Å². The molecule has 0 saturated carbocycles. The summed E-state index contributed by atoms with van der Waals surface area (Å²) in [5.74, 6) is -1.87. The molecule has 1 saturated heterocycles. The third kappa shape index (κ3) is 6.10. The monoisotopic (exact) mass is 505 g/mol. The number of carbonyl (C=O) groups is 2. The number of nitrogens with two attached hydrogens (primary N) is 1. The number of hydrogen-bond donors (Lipinski definition) is 3. The molecule has 0 radical (unpaired) electrons. The Morgan fingerprint density at radius 3 is 2.35 bits per heavy atom. The molecule has 1 fully saturated rings. The zero-order valence-corrected chi connectivity index (χ0v) is 19.9. The average molecular weight is 506 g/mol. The lowest BCUT2D eigenvalue weighted by Gasteiger charge is -2.36. The first-order valence-corrected chi connectivity index (χ1v) is 11.6. The number of carbonyl (C=O) groups excluding carboxylic acids is 2. The van der Waals surface area contributed by atoms with Crippen LogP contribution in [0.25, 0.3) is 0 Å². The second-order valence-electron chi connectivity index (χ2n) is 8.41. The molecule has 2 heterocycles. The molecule has 3 aromatic rings. The minimum absolute atomic E-state index is 0.0880. The van der Waals surface area contributed by atoms with Gasteiger partial charge in [0.05, 0.1) is 17.3 Å². The zero-order valence-electron chi connectivity index (χ0n) is 19.9. The van der Waals surface area contributed by atoms with Gasteiger partial charge in [0.15, 0.2) is 0 Å². The van der Waals surface area contributed by atoms with E-state index in [0.717, 1.165) is 23.5 Å². The Morgan fingerprint density at radius 1 is 1.05 bits per heavy atom. The lowest BCUT2D eigenvalue weighted by molar-refractivity contribution is -0.130. The maximum absolute atomic E-state index is 14.0. The van der Waals surface area contributed by atoms with Crippen LogP contribution in [0.2, 0.25) is 0 Å². The predicted octanol–water partition coefficient (Wildman–Crippen LogP) is 3.38. The number of nitriles is 1. The molecule has 1 aliphatic heterocycles. The second kappa shape index (κ2) is 11.3. The van der Waals surface area contributed by atoms with Gasteiger partial charge in [-0.25, -0.2) is 13.8 Å². The van der Waals surface area contributed by atoms with Crippen LogP contribution in [0.4, 0.5) is 31.7 Å². The third-order valence-electron chi connectivity index (χ3n) is 6.05. The molecule has 4 N–H and O–H groups in total. The average Bonchev–Trinajstić information content (AvgIpc) is 2.89. The van der Waals surface area contributed by atoms with Crippen LogP contribution < -0.4 is 21.3 Å². The third-order valence-corrected chi connectivity index (χ3v) is 6.05. The summed E-state index contributed by atoms with van der Waals surface area (Å²) >= 11 is 0. The standard InChI is InChI=1S/C26H25F2N7O2/c27-21-2-1-3-22(28)19(21)15-31-23-14-24(32-16-20(23)26(30)37)33-17-4-6-18(7-5-17)34-10-12-35(13-11-34)25(36)8-9-29/h1-7,14,16H,8,10-13,15H2,(H2,30,37)(H2,31,32,33). The van der Waals surface area contributed by atoms with E-state index >= 15 is 0 Å². The Bertz CT molecular complexity index is 1310. The number of amides is 2. The number of nitrogens with one attached hydrogen (secondary N) is 2. The molecule has 0 aliphatic carbocycles. The maximum Gasteiger partial charge on any atom is 0.252 e. The molecule has 11 heteroatoms. The van der Waals surface area contributed by atoms with Gasteiger partial charge >= 0.3 is 0 Å². The number of aromatic nitrogens is 1. The SMILES string of the molecule is N#CCC(=O)N1CCN(c2ccc(Nc3cc(NCc4c(F)cccc4F)c(C(N)=O)cn3)cc2)CC1. The molecule has 0 atom stereocenters. The Labute approximate surface area is 212 Å². The van der Waals surface area contributed by atoms with Gasteiger partial charge in [-0.1, -0.05) is 6.07 Å². The highest BCUT2D eigenvalue weighted by Gasteiger charge is 2.21. The molecular weight excluding hydrogens is 480 g/mol. The quantitative estimate of drug-likeness (QED) is 0.428. The van der Waals surface area contributed by atoms with Crippen molar-refractivity contribution in [3.05, 3.63) is 77.5 Å². The highest BCUT2D eigenvalue weighted by Crippen LogP contribution is 2.25. The predicted molar refractivity (Wildman–Crippen MR) is 135 cm³/mol. The number of primary amides is 1. The van der Waals surface area contributed by atoms with Crippen LogP contribution in [0.5, 0.6) is 0 Å². The van der Waals surface area contributed by atoms with E-state index in [0.29, 0.717) is 32.0 Å². The maximum atomic E-state index is 14.0. The topological polar surface area (TPSA) is 127 Å². The number of piperazine rings is 1. The molecule has 4 rings (SSSR count). The van der Waals surface area contributed by atoms with E-state index in [4.69, 9.17) is 11.0 Å². The van der Waals surface area contributed by atoms with Gasteiger partial charge in [0.25, 0.3) is 5.91 Å². The molecule has 2 amide bonds. The normalized spacial score (nSPS) is 13.1. The lowest BCUT2D eigenvalue weighted by atomic mass is 10.1. The fraction of sp³-hybridized carbons (Fsp3) is 0.231. The summed E-state index contributed by atoms with van der Waals surface area (Å²) in [7, 11) is 0. The molecular formula is C26H25F2N7O2. The molecule has 37 heavy (non-hydrogen) atoms. The summed E-state index contributed by atoms with van der Waals surface area (Å²) in [5, 5.41) is 14.7. The second-order valence-corrected chi connectivity index (χ2v) is 8.41. The van der Waals surface area contributed by atoms with Gasteiger partial charge in [0.2, 0.25) is 5.91 Å². The number of benzene rings is 2. The Hall–Kier alpha value is -4.72. The number of pyridine rings is 1. The number of hydrogen-bond acceptors (Lipinski definition) is 7. The van der Waals surface area contributed by atoms with Gasteiger partial charge in [0, 0.05) is 61.9 Å². The molecule has 0 spiro atoms. The summed E-state index contributed by atoms with van der Waals surface area (Å²) in [6.45, 7) is 2.26.